The molecule has 2 atom stereocenters. The Bertz CT molecular complexity index is 455. The van der Waals surface area contributed by atoms with Gasteiger partial charge in [-0.25, -0.2) is 4.39 Å². The van der Waals surface area contributed by atoms with E-state index in [0.717, 1.165) is 36.7 Å². The smallest absolute Gasteiger partial charge is 0.123 e. The highest BCUT2D eigenvalue weighted by atomic mass is 19.1. The number of nitrogens with two attached hydrogens (primary N) is 1. The molecular weight excluding hydrogens is 249 g/mol. The molecule has 0 spiro atoms. The molecule has 0 saturated heterocycles. The van der Waals surface area contributed by atoms with E-state index in [4.69, 9.17) is 5.73 Å². The molecule has 0 heterocycles. The molecule has 112 valence electrons. The molecule has 2 heteroatoms. The van der Waals surface area contributed by atoms with Crippen LogP contribution in [0.3, 0.4) is 0 Å². The van der Waals surface area contributed by atoms with Gasteiger partial charge in [0.25, 0.3) is 0 Å². The van der Waals surface area contributed by atoms with Gasteiger partial charge in [-0.2, -0.15) is 0 Å². The van der Waals surface area contributed by atoms with Crippen LogP contribution in [0, 0.1) is 24.6 Å². The lowest BCUT2D eigenvalue weighted by molar-refractivity contribution is 0.200. The molecule has 20 heavy (non-hydrogen) atoms. The summed E-state index contributed by atoms with van der Waals surface area (Å²) in [6.07, 6.45) is 6.92. The van der Waals surface area contributed by atoms with Crippen molar-refractivity contribution in [1.82, 2.24) is 0 Å². The Morgan fingerprint density at radius 3 is 2.80 bits per heavy atom. The van der Waals surface area contributed by atoms with Crippen LogP contribution in [0.4, 0.5) is 4.39 Å². The van der Waals surface area contributed by atoms with E-state index in [0.29, 0.717) is 0 Å². The Morgan fingerprint density at radius 1 is 1.40 bits per heavy atom. The van der Waals surface area contributed by atoms with Gasteiger partial charge in [0.1, 0.15) is 5.82 Å². The monoisotopic (exact) mass is 277 g/mol. The van der Waals surface area contributed by atoms with E-state index in [1.807, 2.05) is 13.0 Å². The summed E-state index contributed by atoms with van der Waals surface area (Å²) in [6, 6.07) is 5.08. The SMILES string of the molecule is Cc1cc(F)ccc1CC1(N)CCCC(CC(C)C)C1. The number of hydrogen-bond acceptors (Lipinski definition) is 1. The molecular formula is C18H28FN. The second-order valence-corrected chi connectivity index (χ2v) is 7.20. The first-order chi connectivity index (χ1) is 9.38. The minimum absolute atomic E-state index is 0.0968. The van der Waals surface area contributed by atoms with Gasteiger partial charge in [0, 0.05) is 5.54 Å². The van der Waals surface area contributed by atoms with Crippen LogP contribution in [0.15, 0.2) is 18.2 Å². The van der Waals surface area contributed by atoms with Crippen LogP contribution in [0.25, 0.3) is 0 Å². The summed E-state index contributed by atoms with van der Waals surface area (Å²) in [5.41, 5.74) is 8.81. The van der Waals surface area contributed by atoms with Gasteiger partial charge in [-0.05, 0) is 67.7 Å². The summed E-state index contributed by atoms with van der Waals surface area (Å²) in [5, 5.41) is 0. The minimum Gasteiger partial charge on any atom is -0.325 e. The van der Waals surface area contributed by atoms with Crippen molar-refractivity contribution in [2.75, 3.05) is 0 Å². The van der Waals surface area contributed by atoms with E-state index < -0.39 is 0 Å². The normalized spacial score (nSPS) is 27.0. The van der Waals surface area contributed by atoms with E-state index >= 15 is 0 Å². The van der Waals surface area contributed by atoms with Crippen molar-refractivity contribution in [2.24, 2.45) is 17.6 Å². The molecule has 1 saturated carbocycles. The van der Waals surface area contributed by atoms with Crippen molar-refractivity contribution in [3.05, 3.63) is 35.1 Å². The Labute approximate surface area is 122 Å². The lowest BCUT2D eigenvalue weighted by Gasteiger charge is -2.39. The molecule has 1 aromatic carbocycles. The van der Waals surface area contributed by atoms with Crippen LogP contribution < -0.4 is 5.73 Å². The summed E-state index contributed by atoms with van der Waals surface area (Å²) in [6.45, 7) is 6.56. The van der Waals surface area contributed by atoms with Crippen molar-refractivity contribution in [3.63, 3.8) is 0 Å². The molecule has 1 fully saturated rings. The van der Waals surface area contributed by atoms with E-state index in [2.05, 4.69) is 13.8 Å². The molecule has 1 aromatic rings. The maximum absolute atomic E-state index is 13.2. The maximum Gasteiger partial charge on any atom is 0.123 e. The second kappa shape index (κ2) is 6.26. The summed E-state index contributed by atoms with van der Waals surface area (Å²) < 4.78 is 13.2. The first-order valence-electron chi connectivity index (χ1n) is 7.92. The highest BCUT2D eigenvalue weighted by Gasteiger charge is 2.33. The zero-order valence-electron chi connectivity index (χ0n) is 13.1. The van der Waals surface area contributed by atoms with Gasteiger partial charge in [0.05, 0.1) is 0 Å². The molecule has 2 N–H and O–H groups in total. The largest absolute Gasteiger partial charge is 0.325 e. The summed E-state index contributed by atoms with van der Waals surface area (Å²) in [7, 11) is 0. The van der Waals surface area contributed by atoms with Crippen LogP contribution in [0.5, 0.6) is 0 Å². The Balaban J connectivity index is 2.06. The fraction of sp³-hybridized carbons (Fsp3) is 0.667. The van der Waals surface area contributed by atoms with Crippen molar-refractivity contribution in [2.45, 2.75) is 64.8 Å². The van der Waals surface area contributed by atoms with Crippen molar-refractivity contribution < 1.29 is 4.39 Å². The lowest BCUT2D eigenvalue weighted by atomic mass is 9.71. The molecule has 1 aliphatic carbocycles. The van der Waals surface area contributed by atoms with Crippen molar-refractivity contribution in [1.29, 1.82) is 0 Å². The standard InChI is InChI=1S/C18H28FN/c1-13(2)9-15-5-4-8-18(20,11-15)12-16-6-7-17(19)10-14(16)3/h6-7,10,13,15H,4-5,8-9,11-12,20H2,1-3H3. The zero-order valence-corrected chi connectivity index (χ0v) is 13.1. The third-order valence-corrected chi connectivity index (χ3v) is 4.63. The third-order valence-electron chi connectivity index (χ3n) is 4.63. The number of halogens is 1. The van der Waals surface area contributed by atoms with Crippen LogP contribution in [0.2, 0.25) is 0 Å². The molecule has 1 aliphatic rings. The predicted molar refractivity (Wildman–Crippen MR) is 83.2 cm³/mol. The zero-order chi connectivity index (χ0) is 14.8. The first kappa shape index (κ1) is 15.5. The van der Waals surface area contributed by atoms with Gasteiger partial charge in [-0.15, -0.1) is 0 Å². The van der Waals surface area contributed by atoms with Crippen LogP contribution in [-0.4, -0.2) is 5.54 Å². The number of hydrogen-bond donors (Lipinski definition) is 1. The van der Waals surface area contributed by atoms with Gasteiger partial charge in [0.2, 0.25) is 0 Å². The van der Waals surface area contributed by atoms with Gasteiger partial charge in [-0.1, -0.05) is 32.8 Å². The predicted octanol–water partition coefficient (Wildman–Crippen LogP) is 4.61. The van der Waals surface area contributed by atoms with E-state index in [1.165, 1.54) is 24.8 Å². The maximum atomic E-state index is 13.2. The lowest BCUT2D eigenvalue weighted by Crippen LogP contribution is -2.46. The van der Waals surface area contributed by atoms with Crippen LogP contribution >= 0.6 is 0 Å². The highest BCUT2D eigenvalue weighted by Crippen LogP contribution is 2.36. The average molecular weight is 277 g/mol. The molecule has 2 unspecified atom stereocenters. The first-order valence-corrected chi connectivity index (χ1v) is 7.92. The van der Waals surface area contributed by atoms with Crippen molar-refractivity contribution >= 4 is 0 Å². The molecule has 0 radical (unpaired) electrons. The fourth-order valence-corrected chi connectivity index (χ4v) is 3.79. The van der Waals surface area contributed by atoms with Crippen molar-refractivity contribution in [3.8, 4) is 0 Å². The number of rotatable bonds is 4. The molecule has 2 rings (SSSR count). The Kier molecular flexibility index (Phi) is 4.85. The number of benzene rings is 1. The third kappa shape index (κ3) is 4.05. The average Bonchev–Trinajstić information content (AvgIpc) is 2.32. The topological polar surface area (TPSA) is 26.0 Å². The Morgan fingerprint density at radius 2 is 2.15 bits per heavy atom. The quantitative estimate of drug-likeness (QED) is 0.854. The van der Waals surface area contributed by atoms with E-state index in [-0.39, 0.29) is 11.4 Å². The summed E-state index contributed by atoms with van der Waals surface area (Å²) in [4.78, 5) is 0. The summed E-state index contributed by atoms with van der Waals surface area (Å²) in [5.74, 6) is 1.35. The summed E-state index contributed by atoms with van der Waals surface area (Å²) >= 11 is 0. The van der Waals surface area contributed by atoms with Gasteiger partial charge in [-0.3, -0.25) is 0 Å². The Hall–Kier alpha value is -0.890. The van der Waals surface area contributed by atoms with Gasteiger partial charge in [0.15, 0.2) is 0 Å². The minimum atomic E-state index is -0.154. The van der Waals surface area contributed by atoms with Gasteiger partial charge < -0.3 is 5.73 Å². The van der Waals surface area contributed by atoms with E-state index in [9.17, 15) is 4.39 Å². The molecule has 1 nitrogen and oxygen atoms in total. The van der Waals surface area contributed by atoms with Gasteiger partial charge >= 0.3 is 0 Å². The molecule has 0 amide bonds. The molecule has 0 aromatic heterocycles. The molecule has 0 aliphatic heterocycles. The highest BCUT2D eigenvalue weighted by molar-refractivity contribution is 5.28. The second-order valence-electron chi connectivity index (χ2n) is 7.20. The van der Waals surface area contributed by atoms with Crippen LogP contribution in [0.1, 0.15) is 57.1 Å². The fourth-order valence-electron chi connectivity index (χ4n) is 3.79. The molecule has 0 bridgehead atoms. The number of aryl methyl sites for hydroxylation is 1. The van der Waals surface area contributed by atoms with E-state index in [1.54, 1.807) is 12.1 Å². The van der Waals surface area contributed by atoms with Crippen LogP contribution in [-0.2, 0) is 6.42 Å².